The topological polar surface area (TPSA) is 106 Å². The Bertz CT molecular complexity index is 1840. The third-order valence-corrected chi connectivity index (χ3v) is 10.8. The van der Waals surface area contributed by atoms with Gasteiger partial charge in [0.15, 0.2) is 0 Å². The van der Waals surface area contributed by atoms with Crippen LogP contribution in [0.3, 0.4) is 0 Å². The van der Waals surface area contributed by atoms with Crippen LogP contribution in [0, 0.1) is 0 Å². The molecule has 0 saturated carbocycles. The van der Waals surface area contributed by atoms with Crippen LogP contribution in [0.25, 0.3) is 11.0 Å². The third-order valence-electron chi connectivity index (χ3n) is 9.07. The van der Waals surface area contributed by atoms with Gasteiger partial charge in [0.25, 0.3) is 10.0 Å². The van der Waals surface area contributed by atoms with E-state index in [0.717, 1.165) is 43.0 Å². The molecule has 2 aliphatic heterocycles. The molecule has 2 fully saturated rings. The molecule has 1 atom stereocenters. The van der Waals surface area contributed by atoms with Crippen LogP contribution in [0.1, 0.15) is 24.4 Å². The molecule has 2 saturated heterocycles. The number of rotatable bonds is 8. The van der Waals surface area contributed by atoms with Crippen molar-refractivity contribution in [2.45, 2.75) is 29.8 Å². The Morgan fingerprint density at radius 1 is 0.822 bits per heavy atom. The average molecular weight is 634 g/mol. The highest BCUT2D eigenvalue weighted by Crippen LogP contribution is 2.33. The molecule has 4 aromatic rings. The number of likely N-dealkylation sites (tertiary alicyclic amines) is 1. The number of nitrogens with zero attached hydrogens (tertiary/aromatic N) is 5. The smallest absolute Gasteiger partial charge is 0.344 e. The minimum absolute atomic E-state index is 0.0389. The lowest BCUT2D eigenvalue weighted by Crippen LogP contribution is -2.53. The lowest BCUT2D eigenvalue weighted by atomic mass is 9.99. The maximum atomic E-state index is 14.5. The van der Waals surface area contributed by atoms with Crippen LogP contribution in [-0.4, -0.2) is 104 Å². The standard InChI is InChI=1S/C33H39N5O6S/c1-34-19-21-35(22-20-34)25-15-17-36(18-16-25)32(39)31(24-9-5-4-6-10-24)37-27-11-7-8-12-28(27)38(33(37)40)45(41,42)30-14-13-26(43-2)23-29(30)44-3/h4-14,23,25,31H,15-22H2,1-3H3. The quantitative estimate of drug-likeness (QED) is 0.292. The number of carbonyl (C=O) groups excluding carboxylic acids is 1. The normalized spacial score (nSPS) is 17.8. The molecule has 11 nitrogen and oxygen atoms in total. The van der Waals surface area contributed by atoms with Gasteiger partial charge in [-0.1, -0.05) is 42.5 Å². The fraction of sp³-hybridized carbons (Fsp3) is 0.394. The monoisotopic (exact) mass is 633 g/mol. The van der Waals surface area contributed by atoms with Crippen molar-refractivity contribution in [1.29, 1.82) is 0 Å². The van der Waals surface area contributed by atoms with E-state index in [1.807, 2.05) is 23.1 Å². The number of fused-ring (bicyclic) bond motifs is 1. The SMILES string of the molecule is COc1ccc(S(=O)(=O)n2c(=O)n(C(C(=O)N3CCC(N4CCN(C)CC4)CC3)c3ccccc3)c3ccccc32)c(OC)c1. The van der Waals surface area contributed by atoms with E-state index in [1.165, 1.54) is 37.0 Å². The number of aromatic nitrogens is 2. The van der Waals surface area contributed by atoms with Crippen LogP contribution in [0.2, 0.25) is 0 Å². The highest BCUT2D eigenvalue weighted by molar-refractivity contribution is 7.90. The van der Waals surface area contributed by atoms with Crippen molar-refractivity contribution < 1.29 is 22.7 Å². The van der Waals surface area contributed by atoms with E-state index in [0.29, 0.717) is 36.0 Å². The van der Waals surface area contributed by atoms with Crippen molar-refractivity contribution in [2.75, 3.05) is 60.5 Å². The Morgan fingerprint density at radius 2 is 1.47 bits per heavy atom. The van der Waals surface area contributed by atoms with Gasteiger partial charge in [0.1, 0.15) is 22.4 Å². The van der Waals surface area contributed by atoms with Gasteiger partial charge >= 0.3 is 5.69 Å². The predicted molar refractivity (Wildman–Crippen MR) is 172 cm³/mol. The lowest BCUT2D eigenvalue weighted by Gasteiger charge is -2.42. The maximum Gasteiger partial charge on any atom is 0.344 e. The minimum atomic E-state index is -4.46. The van der Waals surface area contributed by atoms with Crippen LogP contribution >= 0.6 is 0 Å². The van der Waals surface area contributed by atoms with Crippen LogP contribution in [0.5, 0.6) is 11.5 Å². The second-order valence-electron chi connectivity index (χ2n) is 11.6. The van der Waals surface area contributed by atoms with Gasteiger partial charge in [0.2, 0.25) is 5.91 Å². The largest absolute Gasteiger partial charge is 0.497 e. The highest BCUT2D eigenvalue weighted by Gasteiger charge is 2.37. The summed E-state index contributed by atoms with van der Waals surface area (Å²) in [5, 5.41) is 0. The Morgan fingerprint density at radius 3 is 2.11 bits per heavy atom. The van der Waals surface area contributed by atoms with Gasteiger partial charge in [-0.15, -0.1) is 0 Å². The third kappa shape index (κ3) is 5.73. The van der Waals surface area contributed by atoms with Gasteiger partial charge < -0.3 is 19.3 Å². The summed E-state index contributed by atoms with van der Waals surface area (Å²) in [6, 6.07) is 19.4. The summed E-state index contributed by atoms with van der Waals surface area (Å²) in [5.41, 5.74) is 0.285. The first-order valence-corrected chi connectivity index (χ1v) is 16.6. The highest BCUT2D eigenvalue weighted by atomic mass is 32.2. The number of benzene rings is 3. The van der Waals surface area contributed by atoms with Crippen molar-refractivity contribution >= 4 is 27.0 Å². The van der Waals surface area contributed by atoms with Crippen molar-refractivity contribution in [3.63, 3.8) is 0 Å². The molecule has 12 heteroatoms. The molecule has 3 heterocycles. The summed E-state index contributed by atoms with van der Waals surface area (Å²) < 4.78 is 41.2. The summed E-state index contributed by atoms with van der Waals surface area (Å²) in [7, 11) is 0.502. The molecular formula is C33H39N5O6S. The van der Waals surface area contributed by atoms with E-state index in [4.69, 9.17) is 9.47 Å². The van der Waals surface area contributed by atoms with Crippen LogP contribution in [0.4, 0.5) is 0 Å². The molecule has 1 unspecified atom stereocenters. The first-order chi connectivity index (χ1) is 21.7. The second kappa shape index (κ2) is 12.7. The van der Waals surface area contributed by atoms with E-state index in [9.17, 15) is 18.0 Å². The van der Waals surface area contributed by atoms with Crippen molar-refractivity contribution in [3.8, 4) is 11.5 Å². The van der Waals surface area contributed by atoms with E-state index in [-0.39, 0.29) is 22.1 Å². The summed E-state index contributed by atoms with van der Waals surface area (Å²) in [6.07, 6.45) is 1.69. The summed E-state index contributed by atoms with van der Waals surface area (Å²) in [6.45, 7) is 5.23. The Labute approximate surface area is 263 Å². The van der Waals surface area contributed by atoms with Gasteiger partial charge in [-0.3, -0.25) is 14.3 Å². The maximum absolute atomic E-state index is 14.5. The predicted octanol–water partition coefficient (Wildman–Crippen LogP) is 2.89. The zero-order chi connectivity index (χ0) is 31.7. The minimum Gasteiger partial charge on any atom is -0.497 e. The first kappa shape index (κ1) is 30.9. The number of likely N-dealkylation sites (N-methyl/N-ethyl adjacent to an activating group) is 1. The number of methoxy groups -OCH3 is 2. The number of piperidine rings is 1. The van der Waals surface area contributed by atoms with Gasteiger partial charge in [0, 0.05) is 51.4 Å². The number of hydrogen-bond donors (Lipinski definition) is 0. The number of hydrogen-bond acceptors (Lipinski definition) is 8. The van der Waals surface area contributed by atoms with Crippen LogP contribution in [0.15, 0.2) is 82.5 Å². The Balaban J connectivity index is 1.42. The van der Waals surface area contributed by atoms with Gasteiger partial charge in [0.05, 0.1) is 25.3 Å². The first-order valence-electron chi connectivity index (χ1n) is 15.2. The summed E-state index contributed by atoms with van der Waals surface area (Å²) in [5.74, 6) is 0.214. The number of para-hydroxylation sites is 2. The van der Waals surface area contributed by atoms with Gasteiger partial charge in [-0.05, 0) is 49.7 Å². The fourth-order valence-corrected chi connectivity index (χ4v) is 8.10. The van der Waals surface area contributed by atoms with E-state index in [2.05, 4.69) is 16.8 Å². The molecule has 0 spiro atoms. The van der Waals surface area contributed by atoms with E-state index in [1.54, 1.807) is 36.4 Å². The van der Waals surface area contributed by atoms with Crippen molar-refractivity contribution in [1.82, 2.24) is 23.2 Å². The Kier molecular flexibility index (Phi) is 8.71. The molecule has 3 aromatic carbocycles. The van der Waals surface area contributed by atoms with Crippen molar-refractivity contribution in [2.24, 2.45) is 0 Å². The molecule has 238 valence electrons. The molecule has 0 bridgehead atoms. The van der Waals surface area contributed by atoms with E-state index >= 15 is 0 Å². The number of ether oxygens (including phenoxy) is 2. The summed E-state index contributed by atoms with van der Waals surface area (Å²) in [4.78, 5) is 35.4. The molecule has 0 radical (unpaired) electrons. The zero-order valence-electron chi connectivity index (χ0n) is 25.8. The summed E-state index contributed by atoms with van der Waals surface area (Å²) >= 11 is 0. The van der Waals surface area contributed by atoms with Crippen molar-refractivity contribution in [3.05, 3.63) is 88.8 Å². The lowest BCUT2D eigenvalue weighted by molar-refractivity contribution is -0.135. The second-order valence-corrected chi connectivity index (χ2v) is 13.4. The molecule has 6 rings (SSSR count). The molecular weight excluding hydrogens is 594 g/mol. The van der Waals surface area contributed by atoms with Crippen LogP contribution in [-0.2, 0) is 14.8 Å². The van der Waals surface area contributed by atoms with E-state index < -0.39 is 21.8 Å². The molecule has 1 amide bonds. The zero-order valence-corrected chi connectivity index (χ0v) is 26.7. The fourth-order valence-electron chi connectivity index (χ4n) is 6.56. The van der Waals surface area contributed by atoms with Gasteiger partial charge in [-0.25, -0.2) is 13.2 Å². The molecule has 45 heavy (non-hydrogen) atoms. The molecule has 0 N–H and O–H groups in total. The average Bonchev–Trinajstić information content (AvgIpc) is 3.37. The van der Waals surface area contributed by atoms with Crippen LogP contribution < -0.4 is 15.2 Å². The van der Waals surface area contributed by atoms with Gasteiger partial charge in [-0.2, -0.15) is 3.97 Å². The number of carbonyl (C=O) groups is 1. The molecule has 1 aromatic heterocycles. The molecule has 0 aliphatic carbocycles. The Hall–Kier alpha value is -4.13. The number of amides is 1. The number of imidazole rings is 1. The molecule has 2 aliphatic rings. The number of piperazine rings is 1.